The maximum atomic E-state index is 5.49. The Balaban J connectivity index is 2.41. The van der Waals surface area contributed by atoms with Crippen molar-refractivity contribution >= 4 is 0 Å². The van der Waals surface area contributed by atoms with Gasteiger partial charge in [0.2, 0.25) is 0 Å². The lowest BCUT2D eigenvalue weighted by Gasteiger charge is -2.41. The van der Waals surface area contributed by atoms with E-state index in [2.05, 4.69) is 45.0 Å². The molecule has 0 aromatic heterocycles. The smallest absolute Gasteiger partial charge is 0.0620 e. The van der Waals surface area contributed by atoms with Crippen LogP contribution in [-0.4, -0.2) is 49.3 Å². The zero-order valence-electron chi connectivity index (χ0n) is 11.5. The molecule has 1 aliphatic rings. The molecule has 3 heteroatoms. The third-order valence-electron chi connectivity index (χ3n) is 4.11. The first kappa shape index (κ1) is 13.9. The zero-order chi connectivity index (χ0) is 12.2. The van der Waals surface area contributed by atoms with E-state index in [4.69, 9.17) is 4.74 Å². The molecule has 1 rings (SSSR count). The second-order valence-corrected chi connectivity index (χ2v) is 5.59. The topological polar surface area (TPSA) is 24.5 Å². The van der Waals surface area contributed by atoms with Gasteiger partial charge in [0.1, 0.15) is 0 Å². The number of morpholine rings is 1. The summed E-state index contributed by atoms with van der Waals surface area (Å²) in [7, 11) is 2.23. The van der Waals surface area contributed by atoms with Crippen LogP contribution in [0.1, 0.15) is 40.5 Å². The lowest BCUT2D eigenvalue weighted by Crippen LogP contribution is -2.50. The molecule has 1 N–H and O–H groups in total. The maximum absolute atomic E-state index is 5.49. The van der Waals surface area contributed by atoms with Crippen LogP contribution in [0.15, 0.2) is 0 Å². The summed E-state index contributed by atoms with van der Waals surface area (Å²) in [5, 5.41) is 3.52. The summed E-state index contributed by atoms with van der Waals surface area (Å²) in [5.74, 6) is 0. The predicted octanol–water partition coefficient (Wildman–Crippen LogP) is 1.87. The molecule has 1 fully saturated rings. The minimum atomic E-state index is 0.287. The Morgan fingerprint density at radius 2 is 2.19 bits per heavy atom. The van der Waals surface area contributed by atoms with Crippen molar-refractivity contribution in [1.29, 1.82) is 0 Å². The number of hydrogen-bond donors (Lipinski definition) is 1. The molecule has 0 bridgehead atoms. The Labute approximate surface area is 101 Å². The van der Waals surface area contributed by atoms with E-state index < -0.39 is 0 Å². The Hall–Kier alpha value is -0.120. The molecule has 0 radical (unpaired) electrons. The van der Waals surface area contributed by atoms with E-state index in [1.165, 1.54) is 12.8 Å². The molecule has 0 spiro atoms. The fraction of sp³-hybridized carbons (Fsp3) is 1.00. The van der Waals surface area contributed by atoms with Crippen LogP contribution in [0.25, 0.3) is 0 Å². The van der Waals surface area contributed by atoms with E-state index in [9.17, 15) is 0 Å². The number of rotatable bonds is 5. The van der Waals surface area contributed by atoms with E-state index >= 15 is 0 Å². The SMILES string of the molecule is CCC(C)(C)N(C)C(C)CC1COCCN1. The van der Waals surface area contributed by atoms with E-state index in [-0.39, 0.29) is 5.54 Å². The van der Waals surface area contributed by atoms with Gasteiger partial charge in [-0.15, -0.1) is 0 Å². The van der Waals surface area contributed by atoms with E-state index in [1.54, 1.807) is 0 Å². The number of ether oxygens (including phenoxy) is 1. The summed E-state index contributed by atoms with van der Waals surface area (Å²) < 4.78 is 5.49. The molecule has 0 aliphatic carbocycles. The highest BCUT2D eigenvalue weighted by molar-refractivity contribution is 4.84. The number of nitrogens with zero attached hydrogens (tertiary/aromatic N) is 1. The minimum Gasteiger partial charge on any atom is -0.379 e. The second-order valence-electron chi connectivity index (χ2n) is 5.59. The van der Waals surface area contributed by atoms with Gasteiger partial charge in [0, 0.05) is 24.2 Å². The van der Waals surface area contributed by atoms with Crippen molar-refractivity contribution in [3.8, 4) is 0 Å². The Bertz CT molecular complexity index is 200. The lowest BCUT2D eigenvalue weighted by molar-refractivity contribution is 0.0474. The molecule has 0 amide bonds. The molecule has 2 unspecified atom stereocenters. The third-order valence-corrected chi connectivity index (χ3v) is 4.11. The quantitative estimate of drug-likeness (QED) is 0.777. The van der Waals surface area contributed by atoms with Crippen LogP contribution in [-0.2, 0) is 4.74 Å². The van der Waals surface area contributed by atoms with Gasteiger partial charge in [-0.05, 0) is 40.7 Å². The predicted molar refractivity (Wildman–Crippen MR) is 68.8 cm³/mol. The minimum absolute atomic E-state index is 0.287. The van der Waals surface area contributed by atoms with Crippen molar-refractivity contribution < 1.29 is 4.74 Å². The Morgan fingerprint density at radius 3 is 2.69 bits per heavy atom. The Kier molecular flexibility index (Phi) is 5.22. The summed E-state index contributed by atoms with van der Waals surface area (Å²) in [6.07, 6.45) is 2.35. The van der Waals surface area contributed by atoms with Gasteiger partial charge < -0.3 is 10.1 Å². The Morgan fingerprint density at radius 1 is 1.50 bits per heavy atom. The van der Waals surface area contributed by atoms with Crippen LogP contribution in [0.3, 0.4) is 0 Å². The molecular formula is C13H28N2O. The van der Waals surface area contributed by atoms with Gasteiger partial charge in [-0.2, -0.15) is 0 Å². The molecule has 2 atom stereocenters. The standard InChI is InChI=1S/C13H28N2O/c1-6-13(3,4)15(5)11(2)9-12-10-16-8-7-14-12/h11-12,14H,6-10H2,1-5H3. The molecule has 1 heterocycles. The monoisotopic (exact) mass is 228 g/mol. The van der Waals surface area contributed by atoms with Crippen LogP contribution in [0, 0.1) is 0 Å². The van der Waals surface area contributed by atoms with Crippen molar-refractivity contribution in [1.82, 2.24) is 10.2 Å². The first-order valence-corrected chi connectivity index (χ1v) is 6.51. The van der Waals surface area contributed by atoms with Crippen molar-refractivity contribution in [2.45, 2.75) is 58.2 Å². The highest BCUT2D eigenvalue weighted by Crippen LogP contribution is 2.21. The van der Waals surface area contributed by atoms with Crippen molar-refractivity contribution in [3.05, 3.63) is 0 Å². The summed E-state index contributed by atoms with van der Waals surface area (Å²) in [4.78, 5) is 2.49. The highest BCUT2D eigenvalue weighted by atomic mass is 16.5. The molecule has 0 aromatic carbocycles. The fourth-order valence-electron chi connectivity index (χ4n) is 2.19. The highest BCUT2D eigenvalue weighted by Gasteiger charge is 2.27. The van der Waals surface area contributed by atoms with Gasteiger partial charge >= 0.3 is 0 Å². The molecule has 0 saturated carbocycles. The molecule has 0 aromatic rings. The molecule has 1 saturated heterocycles. The lowest BCUT2D eigenvalue weighted by atomic mass is 9.96. The van der Waals surface area contributed by atoms with Gasteiger partial charge in [0.15, 0.2) is 0 Å². The third kappa shape index (κ3) is 3.72. The summed E-state index contributed by atoms with van der Waals surface area (Å²) in [5.41, 5.74) is 0.287. The van der Waals surface area contributed by atoms with Crippen LogP contribution >= 0.6 is 0 Å². The largest absolute Gasteiger partial charge is 0.379 e. The molecule has 16 heavy (non-hydrogen) atoms. The zero-order valence-corrected chi connectivity index (χ0v) is 11.5. The summed E-state index contributed by atoms with van der Waals surface area (Å²) >= 11 is 0. The van der Waals surface area contributed by atoms with Crippen molar-refractivity contribution in [2.75, 3.05) is 26.8 Å². The second kappa shape index (κ2) is 5.99. The van der Waals surface area contributed by atoms with Crippen LogP contribution in [0.4, 0.5) is 0 Å². The van der Waals surface area contributed by atoms with Crippen LogP contribution in [0.5, 0.6) is 0 Å². The van der Waals surface area contributed by atoms with E-state index in [1.807, 2.05) is 0 Å². The van der Waals surface area contributed by atoms with E-state index in [0.29, 0.717) is 12.1 Å². The van der Waals surface area contributed by atoms with Crippen molar-refractivity contribution in [3.63, 3.8) is 0 Å². The van der Waals surface area contributed by atoms with Gasteiger partial charge in [-0.3, -0.25) is 4.90 Å². The first-order valence-electron chi connectivity index (χ1n) is 6.51. The molecule has 96 valence electrons. The van der Waals surface area contributed by atoms with Crippen LogP contribution < -0.4 is 5.32 Å². The van der Waals surface area contributed by atoms with Crippen LogP contribution in [0.2, 0.25) is 0 Å². The number of hydrogen-bond acceptors (Lipinski definition) is 3. The number of nitrogens with one attached hydrogen (secondary N) is 1. The van der Waals surface area contributed by atoms with Gasteiger partial charge in [0.05, 0.1) is 13.2 Å². The van der Waals surface area contributed by atoms with E-state index in [0.717, 1.165) is 19.8 Å². The summed E-state index contributed by atoms with van der Waals surface area (Å²) in [6.45, 7) is 11.9. The average Bonchev–Trinajstić information content (AvgIpc) is 2.29. The fourth-order valence-corrected chi connectivity index (χ4v) is 2.19. The van der Waals surface area contributed by atoms with Gasteiger partial charge in [0.25, 0.3) is 0 Å². The first-order chi connectivity index (χ1) is 7.47. The maximum Gasteiger partial charge on any atom is 0.0620 e. The van der Waals surface area contributed by atoms with Gasteiger partial charge in [-0.25, -0.2) is 0 Å². The molecular weight excluding hydrogens is 200 g/mol. The normalized spacial score (nSPS) is 24.8. The summed E-state index contributed by atoms with van der Waals surface area (Å²) in [6, 6.07) is 1.12. The van der Waals surface area contributed by atoms with Gasteiger partial charge in [-0.1, -0.05) is 6.92 Å². The average molecular weight is 228 g/mol. The van der Waals surface area contributed by atoms with Crippen molar-refractivity contribution in [2.24, 2.45) is 0 Å². The molecule has 1 aliphatic heterocycles. The molecule has 3 nitrogen and oxygen atoms in total.